The van der Waals surface area contributed by atoms with E-state index in [-0.39, 0.29) is 6.10 Å². The molecule has 1 aliphatic rings. The maximum atomic E-state index is 5.97. The van der Waals surface area contributed by atoms with E-state index in [9.17, 15) is 0 Å². The molecule has 0 aliphatic carbocycles. The summed E-state index contributed by atoms with van der Waals surface area (Å²) in [7, 11) is 0. The van der Waals surface area contributed by atoms with Crippen molar-refractivity contribution in [2.24, 2.45) is 4.99 Å². The Balaban J connectivity index is 1.54. The topological polar surface area (TPSA) is 67.8 Å². The minimum absolute atomic E-state index is 0.0550. The van der Waals surface area contributed by atoms with Gasteiger partial charge in [0.2, 0.25) is 0 Å². The van der Waals surface area contributed by atoms with Crippen molar-refractivity contribution in [1.29, 1.82) is 0 Å². The number of hydrogen-bond donors (Lipinski definition) is 2. The van der Waals surface area contributed by atoms with Crippen LogP contribution >= 0.6 is 11.3 Å². The standard InChI is InChI=1S/C19H26N4O2S/c1-4-20-19(21-9-14-12-26-18(23-14)13(2)3)22-10-15-11-24-16-7-5-6-8-17(16)25-15/h5-8,12-13,15H,4,9-11H2,1-3H3,(H2,20,21,22). The van der Waals surface area contributed by atoms with Gasteiger partial charge in [0.1, 0.15) is 12.7 Å². The Morgan fingerprint density at radius 3 is 2.85 bits per heavy atom. The summed E-state index contributed by atoms with van der Waals surface area (Å²) in [6.45, 7) is 8.85. The predicted molar refractivity (Wildman–Crippen MR) is 105 cm³/mol. The summed E-state index contributed by atoms with van der Waals surface area (Å²) in [6.07, 6.45) is -0.0550. The van der Waals surface area contributed by atoms with Crippen LogP contribution in [0.15, 0.2) is 34.6 Å². The first-order valence-electron chi connectivity index (χ1n) is 9.00. The lowest BCUT2D eigenvalue weighted by Crippen LogP contribution is -2.45. The van der Waals surface area contributed by atoms with E-state index in [0.717, 1.165) is 34.7 Å². The van der Waals surface area contributed by atoms with E-state index >= 15 is 0 Å². The van der Waals surface area contributed by atoms with Crippen LogP contribution in [0.1, 0.15) is 37.4 Å². The van der Waals surface area contributed by atoms with Crippen LogP contribution in [0.3, 0.4) is 0 Å². The van der Waals surface area contributed by atoms with Crippen molar-refractivity contribution in [3.63, 3.8) is 0 Å². The first kappa shape index (κ1) is 18.5. The number of nitrogens with zero attached hydrogens (tertiary/aromatic N) is 2. The number of aromatic nitrogens is 1. The number of fused-ring (bicyclic) bond motifs is 1. The average molecular weight is 375 g/mol. The summed E-state index contributed by atoms with van der Waals surface area (Å²) in [6, 6.07) is 7.74. The van der Waals surface area contributed by atoms with Gasteiger partial charge in [-0.15, -0.1) is 11.3 Å². The molecular formula is C19H26N4O2S. The highest BCUT2D eigenvalue weighted by atomic mass is 32.1. The second-order valence-electron chi connectivity index (χ2n) is 6.41. The molecular weight excluding hydrogens is 348 g/mol. The van der Waals surface area contributed by atoms with Crippen LogP contribution in [0.25, 0.3) is 0 Å². The fourth-order valence-corrected chi connectivity index (χ4v) is 3.36. The third kappa shape index (κ3) is 4.88. The molecule has 0 radical (unpaired) electrons. The van der Waals surface area contributed by atoms with Gasteiger partial charge in [-0.2, -0.15) is 0 Å². The number of ether oxygens (including phenoxy) is 2. The van der Waals surface area contributed by atoms with Gasteiger partial charge in [-0.05, 0) is 19.1 Å². The number of benzene rings is 1. The summed E-state index contributed by atoms with van der Waals surface area (Å²) in [5, 5.41) is 9.82. The fourth-order valence-electron chi connectivity index (χ4n) is 2.54. The van der Waals surface area contributed by atoms with E-state index in [1.807, 2.05) is 31.2 Å². The van der Waals surface area contributed by atoms with E-state index in [4.69, 9.17) is 9.47 Å². The second kappa shape index (κ2) is 8.89. The molecule has 6 nitrogen and oxygen atoms in total. The van der Waals surface area contributed by atoms with Crippen LogP contribution in [0.4, 0.5) is 0 Å². The van der Waals surface area contributed by atoms with E-state index < -0.39 is 0 Å². The minimum Gasteiger partial charge on any atom is -0.486 e. The number of rotatable bonds is 6. The molecule has 2 aromatic rings. The zero-order chi connectivity index (χ0) is 18.4. The number of nitrogens with one attached hydrogen (secondary N) is 2. The van der Waals surface area contributed by atoms with Gasteiger partial charge in [0, 0.05) is 17.8 Å². The summed E-state index contributed by atoms with van der Waals surface area (Å²) in [4.78, 5) is 9.26. The van der Waals surface area contributed by atoms with Gasteiger partial charge in [-0.3, -0.25) is 0 Å². The lowest BCUT2D eigenvalue weighted by Gasteiger charge is -2.27. The molecule has 0 saturated heterocycles. The van der Waals surface area contributed by atoms with Crippen molar-refractivity contribution in [2.45, 2.75) is 39.3 Å². The van der Waals surface area contributed by atoms with Gasteiger partial charge >= 0.3 is 0 Å². The maximum absolute atomic E-state index is 5.97. The molecule has 1 aliphatic heterocycles. The van der Waals surface area contributed by atoms with Crippen molar-refractivity contribution >= 4 is 17.3 Å². The van der Waals surface area contributed by atoms with Gasteiger partial charge in [0.05, 0.1) is 23.8 Å². The Kier molecular flexibility index (Phi) is 6.33. The van der Waals surface area contributed by atoms with Gasteiger partial charge in [-0.25, -0.2) is 9.98 Å². The Labute approximate surface area is 158 Å². The molecule has 1 aromatic heterocycles. The highest BCUT2D eigenvalue weighted by Gasteiger charge is 2.20. The van der Waals surface area contributed by atoms with Crippen molar-refractivity contribution < 1.29 is 9.47 Å². The monoisotopic (exact) mass is 374 g/mol. The summed E-state index contributed by atoms with van der Waals surface area (Å²) in [5.74, 6) is 2.80. The quantitative estimate of drug-likeness (QED) is 0.600. The molecule has 2 N–H and O–H groups in total. The molecule has 7 heteroatoms. The summed E-state index contributed by atoms with van der Waals surface area (Å²) >= 11 is 1.69. The molecule has 0 amide bonds. The van der Waals surface area contributed by atoms with Gasteiger partial charge in [0.25, 0.3) is 0 Å². The molecule has 140 valence electrons. The summed E-state index contributed by atoms with van der Waals surface area (Å²) in [5.41, 5.74) is 1.00. The van der Waals surface area contributed by atoms with Crippen molar-refractivity contribution in [3.05, 3.63) is 40.3 Å². The van der Waals surface area contributed by atoms with E-state index in [0.29, 0.717) is 25.6 Å². The molecule has 3 rings (SSSR count). The van der Waals surface area contributed by atoms with Crippen molar-refractivity contribution in [3.8, 4) is 11.5 Å². The highest BCUT2D eigenvalue weighted by molar-refractivity contribution is 7.09. The Hall–Kier alpha value is -2.28. The molecule has 1 atom stereocenters. The molecule has 1 unspecified atom stereocenters. The fraction of sp³-hybridized carbons (Fsp3) is 0.474. The smallest absolute Gasteiger partial charge is 0.191 e. The van der Waals surface area contributed by atoms with E-state index in [1.54, 1.807) is 11.3 Å². The number of guanidine groups is 1. The van der Waals surface area contributed by atoms with Gasteiger partial charge in [0.15, 0.2) is 17.5 Å². The first-order valence-corrected chi connectivity index (χ1v) is 9.88. The summed E-state index contributed by atoms with van der Waals surface area (Å²) < 4.78 is 11.7. The lowest BCUT2D eigenvalue weighted by molar-refractivity contribution is 0.0936. The van der Waals surface area contributed by atoms with Gasteiger partial charge in [-0.1, -0.05) is 26.0 Å². The van der Waals surface area contributed by atoms with Crippen molar-refractivity contribution in [2.75, 3.05) is 19.7 Å². The second-order valence-corrected chi connectivity index (χ2v) is 7.30. The third-order valence-electron chi connectivity index (χ3n) is 3.87. The Bertz CT molecular complexity index is 745. The molecule has 0 saturated carbocycles. The molecule has 26 heavy (non-hydrogen) atoms. The van der Waals surface area contributed by atoms with Crippen molar-refractivity contribution in [1.82, 2.24) is 15.6 Å². The predicted octanol–water partition coefficient (Wildman–Crippen LogP) is 3.16. The van der Waals surface area contributed by atoms with Gasteiger partial charge < -0.3 is 20.1 Å². The first-order chi connectivity index (χ1) is 12.7. The number of aliphatic imine (C=N–C) groups is 1. The number of hydrogen-bond acceptors (Lipinski definition) is 5. The van der Waals surface area contributed by atoms with E-state index in [2.05, 4.69) is 39.8 Å². The highest BCUT2D eigenvalue weighted by Crippen LogP contribution is 2.30. The zero-order valence-corrected chi connectivity index (χ0v) is 16.3. The molecule has 0 fully saturated rings. The Morgan fingerprint density at radius 1 is 1.31 bits per heavy atom. The lowest BCUT2D eigenvalue weighted by atomic mass is 10.2. The number of thiazole rings is 1. The molecule has 0 spiro atoms. The molecule has 1 aromatic carbocycles. The van der Waals surface area contributed by atoms with Crippen LogP contribution in [0.5, 0.6) is 11.5 Å². The van der Waals surface area contributed by atoms with Crippen LogP contribution in [0, 0.1) is 0 Å². The number of para-hydroxylation sites is 2. The van der Waals surface area contributed by atoms with Crippen LogP contribution in [-0.2, 0) is 6.54 Å². The zero-order valence-electron chi connectivity index (χ0n) is 15.5. The SMILES string of the molecule is CCNC(=NCc1csc(C(C)C)n1)NCC1COc2ccccc2O1. The van der Waals surface area contributed by atoms with Crippen LogP contribution in [-0.4, -0.2) is 36.7 Å². The Morgan fingerprint density at radius 2 is 2.12 bits per heavy atom. The molecule has 0 bridgehead atoms. The molecule has 2 heterocycles. The maximum Gasteiger partial charge on any atom is 0.191 e. The van der Waals surface area contributed by atoms with Crippen LogP contribution in [0.2, 0.25) is 0 Å². The average Bonchev–Trinajstić information content (AvgIpc) is 3.13. The minimum atomic E-state index is -0.0550. The third-order valence-corrected chi connectivity index (χ3v) is 5.07. The normalized spacial score (nSPS) is 16.6. The largest absolute Gasteiger partial charge is 0.486 e. The van der Waals surface area contributed by atoms with E-state index in [1.165, 1.54) is 0 Å². The van der Waals surface area contributed by atoms with Crippen LogP contribution < -0.4 is 20.1 Å².